The van der Waals surface area contributed by atoms with E-state index < -0.39 is 53.4 Å². The third-order valence-electron chi connectivity index (χ3n) is 9.52. The second-order valence-electron chi connectivity index (χ2n) is 13.1. The molecule has 0 saturated carbocycles. The second kappa shape index (κ2) is 26.8. The first kappa shape index (κ1) is 63.1. The standard InChI is InChI=1S/C20H12I2O5.C20H14N2O10S3.5Na/c21-13-5-11-17(7-15(13)23)27-18-8-16(24)14(22)6-12(18)19(11)9-3-1-2-4-10(9)20(25)26;23-20-18(35(28,29)30)10-11-9-12(34(25,26)27)5-6-13(11)19(20)22-21-16-7-8-17(33-32-31-24)15-4-2-1-3-14(15)16;;;;;/h1-8,11,19,24H,(H,25,26);1-10,23-24H,(H,25,26,27)(H,28,29,30);;;;;/q;;5*+1/p-5. The van der Waals surface area contributed by atoms with Gasteiger partial charge in [-0.1, -0.05) is 66.4 Å². The molecule has 0 saturated heterocycles. The first-order valence-corrected chi connectivity index (χ1v) is 23.0. The third kappa shape index (κ3) is 14.4. The van der Waals surface area contributed by atoms with Gasteiger partial charge in [0, 0.05) is 48.3 Å². The van der Waals surface area contributed by atoms with Crippen molar-refractivity contribution in [2.24, 2.45) is 16.1 Å². The normalized spacial score (nSPS) is 15.0. The maximum absolute atomic E-state index is 12.1. The number of phenols is 1. The number of azo groups is 1. The molecule has 0 radical (unpaired) electrons. The zero-order valence-electron chi connectivity index (χ0n) is 35.6. The molecule has 6 aromatic carbocycles. The van der Waals surface area contributed by atoms with Gasteiger partial charge in [0.1, 0.15) is 37.4 Å². The van der Waals surface area contributed by atoms with Gasteiger partial charge in [0.15, 0.2) is 11.5 Å². The Morgan fingerprint density at radius 1 is 0.791 bits per heavy atom. The van der Waals surface area contributed by atoms with Gasteiger partial charge in [-0.25, -0.2) is 16.8 Å². The van der Waals surface area contributed by atoms with Gasteiger partial charge < -0.3 is 39.2 Å². The molecule has 0 spiro atoms. The van der Waals surface area contributed by atoms with Crippen LogP contribution >= 0.6 is 57.2 Å². The van der Waals surface area contributed by atoms with Crippen LogP contribution in [0, 0.1) is 9.49 Å². The van der Waals surface area contributed by atoms with Gasteiger partial charge >= 0.3 is 148 Å². The number of hydrogen-bond acceptors (Lipinski definition) is 18. The van der Waals surface area contributed by atoms with Crippen LogP contribution < -0.4 is 168 Å². The number of ether oxygens (including phenoxy) is 1. The number of carboxylic acids is 1. The molecule has 67 heavy (non-hydrogen) atoms. The Kier molecular flexibility index (Phi) is 25.2. The number of carbonyl (C=O) groups is 2. The quantitative estimate of drug-likeness (QED) is 0.0268. The number of phenolic OH excluding ortho intramolecular Hbond substituents is 1. The molecule has 1 heterocycles. The van der Waals surface area contributed by atoms with E-state index in [9.17, 15) is 56.1 Å². The topological polar surface area (TPSA) is 290 Å². The minimum absolute atomic E-state index is 0. The van der Waals surface area contributed by atoms with Gasteiger partial charge in [-0.05, 0) is 104 Å². The van der Waals surface area contributed by atoms with Crippen molar-refractivity contribution in [3.05, 3.63) is 139 Å². The van der Waals surface area contributed by atoms with Crippen LogP contribution in [0.15, 0.2) is 143 Å². The van der Waals surface area contributed by atoms with E-state index in [2.05, 4.69) is 19.6 Å². The van der Waals surface area contributed by atoms with Gasteiger partial charge in [-0.15, -0.1) is 10.2 Å². The summed E-state index contributed by atoms with van der Waals surface area (Å²) in [5, 5.41) is 56.9. The molecule has 8 rings (SSSR count). The monoisotopic (exact) mass is 1230 g/mol. The molecule has 2 atom stereocenters. The number of aromatic carboxylic acids is 1. The minimum Gasteiger partial charge on any atom is -0.872 e. The molecule has 17 nitrogen and oxygen atoms in total. The Bertz CT molecular complexity index is 3200. The summed E-state index contributed by atoms with van der Waals surface area (Å²) in [6.45, 7) is 0. The van der Waals surface area contributed by atoms with E-state index in [-0.39, 0.29) is 187 Å². The number of fused-ring (bicyclic) bond motifs is 4. The van der Waals surface area contributed by atoms with E-state index in [0.29, 0.717) is 57.5 Å². The first-order valence-electron chi connectivity index (χ1n) is 17.3. The van der Waals surface area contributed by atoms with Crippen molar-refractivity contribution in [3.63, 3.8) is 0 Å². The van der Waals surface area contributed by atoms with Crippen LogP contribution in [0.5, 0.6) is 17.2 Å². The smallest absolute Gasteiger partial charge is 0.872 e. The van der Waals surface area contributed by atoms with Crippen LogP contribution in [-0.2, 0) is 34.4 Å². The molecule has 0 bridgehead atoms. The molecule has 0 fully saturated rings. The van der Waals surface area contributed by atoms with E-state index in [1.807, 2.05) is 45.2 Å². The Balaban J connectivity index is 0.000000439. The van der Waals surface area contributed by atoms with E-state index in [1.54, 1.807) is 60.7 Å². The van der Waals surface area contributed by atoms with E-state index in [0.717, 1.165) is 24.3 Å². The SMILES string of the molecule is O=C1C=C2Oc3cc([O-])c(I)cc3C(c3ccccc3C(=O)[O-])C2C=C1I.O=S(=O)([O-])c1ccc2c(N=Nc3ccc(SOO[O-])c4ccccc34)c(O)c(S(=O)(=O)[O-])cc2c1.[Na+].[Na+].[Na+].[Na+].[Na+]. The van der Waals surface area contributed by atoms with Gasteiger partial charge in [0.25, 0.3) is 0 Å². The Morgan fingerprint density at radius 2 is 1.45 bits per heavy atom. The average molecular weight is 1230 g/mol. The maximum atomic E-state index is 12.1. The Morgan fingerprint density at radius 3 is 2.09 bits per heavy atom. The van der Waals surface area contributed by atoms with Crippen LogP contribution in [0.4, 0.5) is 11.4 Å². The van der Waals surface area contributed by atoms with Crippen molar-refractivity contribution >= 4 is 122 Å². The largest absolute Gasteiger partial charge is 1.00 e. The predicted octanol–water partition coefficient (Wildman–Crippen LogP) is -9.17. The van der Waals surface area contributed by atoms with Crippen molar-refractivity contribution in [3.8, 4) is 17.2 Å². The fourth-order valence-corrected chi connectivity index (χ4v) is 9.48. The fourth-order valence-electron chi connectivity index (χ4n) is 6.84. The summed E-state index contributed by atoms with van der Waals surface area (Å²) in [6.07, 6.45) is 3.20. The van der Waals surface area contributed by atoms with Crippen molar-refractivity contribution in [1.29, 1.82) is 0 Å². The summed E-state index contributed by atoms with van der Waals surface area (Å²) in [5.41, 5.74) is 1.18. The predicted molar refractivity (Wildman–Crippen MR) is 228 cm³/mol. The van der Waals surface area contributed by atoms with Crippen LogP contribution in [0.1, 0.15) is 27.4 Å². The molecule has 0 aromatic heterocycles. The molecule has 1 aliphatic heterocycles. The zero-order chi connectivity index (χ0) is 44.7. The molecule has 1 aliphatic carbocycles. The van der Waals surface area contributed by atoms with Crippen molar-refractivity contribution < 1.29 is 218 Å². The van der Waals surface area contributed by atoms with Gasteiger partial charge in [0.05, 0.1) is 37.1 Å². The van der Waals surface area contributed by atoms with Crippen LogP contribution in [0.2, 0.25) is 0 Å². The molecule has 318 valence electrons. The van der Waals surface area contributed by atoms with Crippen LogP contribution in [0.3, 0.4) is 0 Å². The molecule has 27 heteroatoms. The molecule has 2 aliphatic rings. The number of allylic oxidation sites excluding steroid dienone is 3. The number of hydrogen-bond donors (Lipinski definition) is 1. The van der Waals surface area contributed by atoms with Gasteiger partial charge in [-0.3, -0.25) is 9.83 Å². The number of ketones is 1. The van der Waals surface area contributed by atoms with Crippen molar-refractivity contribution in [1.82, 2.24) is 0 Å². The van der Waals surface area contributed by atoms with E-state index in [4.69, 9.17) is 4.74 Å². The van der Waals surface area contributed by atoms with E-state index in [1.165, 1.54) is 24.3 Å². The summed E-state index contributed by atoms with van der Waals surface area (Å²) in [6, 6.07) is 23.3. The molecule has 1 N–H and O–H groups in total. The maximum Gasteiger partial charge on any atom is 1.00 e. The third-order valence-corrected chi connectivity index (χ3v) is 13.6. The van der Waals surface area contributed by atoms with Crippen molar-refractivity contribution in [2.45, 2.75) is 20.6 Å². The minimum atomic E-state index is -5.21. The van der Waals surface area contributed by atoms with Crippen LogP contribution in [0.25, 0.3) is 21.5 Å². The summed E-state index contributed by atoms with van der Waals surface area (Å²) >= 11 is 4.58. The van der Waals surface area contributed by atoms with E-state index >= 15 is 0 Å². The molecule has 6 aromatic rings. The first-order chi connectivity index (χ1) is 29.4. The zero-order valence-corrected chi connectivity index (χ0v) is 52.3. The van der Waals surface area contributed by atoms with Gasteiger partial charge in [-0.2, -0.15) is 4.33 Å². The number of carboxylic acid groups (broad SMARTS) is 1. The summed E-state index contributed by atoms with van der Waals surface area (Å²) in [7, 11) is -10.1. The Labute approximate surface area is 524 Å². The van der Waals surface area contributed by atoms with Crippen molar-refractivity contribution in [2.75, 3.05) is 0 Å². The molecule has 0 amide bonds. The number of carbonyl (C=O) groups excluding carboxylic acids is 2. The number of rotatable bonds is 9. The molecule has 2 unspecified atom stereocenters. The number of benzene rings is 6. The average Bonchev–Trinajstić information content (AvgIpc) is 3.22. The van der Waals surface area contributed by atoms with Crippen LogP contribution in [-0.4, -0.2) is 42.8 Å². The second-order valence-corrected chi connectivity index (χ2v) is 18.9. The van der Waals surface area contributed by atoms with Gasteiger partial charge in [0.2, 0.25) is 0 Å². The fraction of sp³-hybridized carbons (Fsp3) is 0.0500. The number of halogens is 2. The number of nitrogens with zero attached hydrogens (tertiary/aromatic N) is 2. The summed E-state index contributed by atoms with van der Waals surface area (Å²) in [5.74, 6) is -2.64. The Hall–Kier alpha value is -0.0300. The number of aromatic hydroxyl groups is 1. The molecular formula is C40H21I2N2Na5O15S3. The summed E-state index contributed by atoms with van der Waals surface area (Å²) in [4.78, 5) is 22.6. The molecular weight excluding hydrogens is 1210 g/mol. The summed E-state index contributed by atoms with van der Waals surface area (Å²) < 4.78 is 80.5.